The van der Waals surface area contributed by atoms with E-state index >= 15 is 0 Å². The first-order valence-corrected chi connectivity index (χ1v) is 12.8. The largest absolute Gasteiger partial charge is 0.334 e. The van der Waals surface area contributed by atoms with E-state index in [0.29, 0.717) is 0 Å². The van der Waals surface area contributed by atoms with E-state index in [1.165, 1.54) is 0 Å². The van der Waals surface area contributed by atoms with Gasteiger partial charge in [0, 0.05) is 12.3 Å². The van der Waals surface area contributed by atoms with Gasteiger partial charge in [0.15, 0.2) is 9.84 Å². The van der Waals surface area contributed by atoms with Crippen LogP contribution in [0.4, 0.5) is 4.79 Å². The molecular weight excluding hydrogens is 412 g/mol. The number of hydrogen-bond donors (Lipinski definition) is 0. The van der Waals surface area contributed by atoms with Crippen molar-refractivity contribution in [3.63, 3.8) is 0 Å². The zero-order valence-corrected chi connectivity index (χ0v) is 18.4. The molecule has 2 aromatic carbocycles. The Morgan fingerprint density at radius 2 is 1.52 bits per heavy atom. The second kappa shape index (κ2) is 7.46. The van der Waals surface area contributed by atoms with E-state index in [4.69, 9.17) is 0 Å². The molecule has 1 aliphatic heterocycles. The molecule has 1 atom stereocenters. The fourth-order valence-corrected chi connectivity index (χ4v) is 5.00. The second-order valence-electron chi connectivity index (χ2n) is 7.52. The number of benzene rings is 2. The van der Waals surface area contributed by atoms with Crippen LogP contribution in [0.3, 0.4) is 0 Å². The molecule has 9 heteroatoms. The molecule has 1 unspecified atom stereocenters. The molecule has 0 spiro atoms. The number of urea groups is 1. The maximum Gasteiger partial charge on any atom is 0.334 e. The monoisotopic (exact) mass is 436 g/mol. The van der Waals surface area contributed by atoms with Crippen molar-refractivity contribution in [3.05, 3.63) is 54.1 Å². The minimum atomic E-state index is -3.67. The Morgan fingerprint density at radius 1 is 0.931 bits per heavy atom. The summed E-state index contributed by atoms with van der Waals surface area (Å²) < 4.78 is 48.7. The Labute approximate surface area is 171 Å². The first kappa shape index (κ1) is 21.3. The summed E-state index contributed by atoms with van der Waals surface area (Å²) in [5, 5.41) is 0. The lowest BCUT2D eigenvalue weighted by Gasteiger charge is -2.27. The summed E-state index contributed by atoms with van der Waals surface area (Å²) >= 11 is 0. The Kier molecular flexibility index (Phi) is 5.48. The molecule has 2 amide bonds. The zero-order chi connectivity index (χ0) is 21.6. The Balaban J connectivity index is 2.04. The van der Waals surface area contributed by atoms with Gasteiger partial charge in [0.2, 0.25) is 10.0 Å². The van der Waals surface area contributed by atoms with E-state index in [9.17, 15) is 21.6 Å². The zero-order valence-electron chi connectivity index (χ0n) is 16.7. The van der Waals surface area contributed by atoms with E-state index < -0.39 is 31.9 Å². The predicted molar refractivity (Wildman–Crippen MR) is 112 cm³/mol. The average Bonchev–Trinajstić information content (AvgIpc) is 2.99. The molecular formula is C20H24N2O5S2. The molecule has 0 aliphatic carbocycles. The van der Waals surface area contributed by atoms with Gasteiger partial charge in [-0.1, -0.05) is 30.3 Å². The SMILES string of the molecule is CC(C)N1C(=O)N(S(C)(=O)=O)CC1c1cccc(-c2cccc(S(C)(=O)=O)c2)c1. The smallest absolute Gasteiger partial charge is 0.313 e. The number of amides is 2. The topological polar surface area (TPSA) is 91.8 Å². The number of sulfone groups is 1. The van der Waals surface area contributed by atoms with E-state index in [-0.39, 0.29) is 17.5 Å². The van der Waals surface area contributed by atoms with Gasteiger partial charge in [-0.15, -0.1) is 0 Å². The third-order valence-corrected chi connectivity index (χ3v) is 7.15. The Hall–Kier alpha value is -2.39. The van der Waals surface area contributed by atoms with Crippen LogP contribution in [0.2, 0.25) is 0 Å². The van der Waals surface area contributed by atoms with Gasteiger partial charge in [-0.25, -0.2) is 25.9 Å². The van der Waals surface area contributed by atoms with Gasteiger partial charge < -0.3 is 4.90 Å². The molecule has 0 bridgehead atoms. The van der Waals surface area contributed by atoms with Crippen LogP contribution in [0.1, 0.15) is 25.5 Å². The van der Waals surface area contributed by atoms with E-state index in [2.05, 4.69) is 0 Å². The van der Waals surface area contributed by atoms with Crippen LogP contribution in [-0.2, 0) is 19.9 Å². The summed E-state index contributed by atoms with van der Waals surface area (Å²) in [6, 6.07) is 12.9. The van der Waals surface area contributed by atoms with E-state index in [1.807, 2.05) is 44.2 Å². The number of rotatable bonds is 5. The van der Waals surface area contributed by atoms with Crippen molar-refractivity contribution in [1.29, 1.82) is 0 Å². The van der Waals surface area contributed by atoms with Crippen molar-refractivity contribution in [2.45, 2.75) is 30.8 Å². The maximum atomic E-state index is 12.7. The molecule has 0 saturated carbocycles. The highest BCUT2D eigenvalue weighted by Gasteiger charge is 2.43. The highest BCUT2D eigenvalue weighted by molar-refractivity contribution is 7.90. The lowest BCUT2D eigenvalue weighted by molar-refractivity contribution is 0.181. The predicted octanol–water partition coefficient (Wildman–Crippen LogP) is 2.90. The van der Waals surface area contributed by atoms with Gasteiger partial charge in [0.1, 0.15) is 0 Å². The molecule has 29 heavy (non-hydrogen) atoms. The average molecular weight is 437 g/mol. The van der Waals surface area contributed by atoms with Crippen molar-refractivity contribution in [2.24, 2.45) is 0 Å². The molecule has 1 aliphatic rings. The lowest BCUT2D eigenvalue weighted by Crippen LogP contribution is -2.39. The number of carbonyl (C=O) groups excluding carboxylic acids is 1. The fraction of sp³-hybridized carbons (Fsp3) is 0.350. The summed E-state index contributed by atoms with van der Waals surface area (Å²) in [6.07, 6.45) is 2.19. The second-order valence-corrected chi connectivity index (χ2v) is 11.4. The van der Waals surface area contributed by atoms with Crippen LogP contribution in [-0.4, -0.2) is 57.2 Å². The Morgan fingerprint density at radius 3 is 2.07 bits per heavy atom. The van der Waals surface area contributed by atoms with Crippen LogP contribution in [0, 0.1) is 0 Å². The molecule has 1 saturated heterocycles. The number of carbonyl (C=O) groups is 1. The van der Waals surface area contributed by atoms with Gasteiger partial charge >= 0.3 is 6.03 Å². The first-order valence-electron chi connectivity index (χ1n) is 9.10. The summed E-state index contributed by atoms with van der Waals surface area (Å²) in [6.45, 7) is 3.73. The first-order chi connectivity index (χ1) is 13.4. The summed E-state index contributed by atoms with van der Waals surface area (Å²) in [5.74, 6) is 0. The molecule has 0 N–H and O–H groups in total. The summed E-state index contributed by atoms with van der Waals surface area (Å²) in [5.41, 5.74) is 2.32. The van der Waals surface area contributed by atoms with Gasteiger partial charge in [0.25, 0.3) is 0 Å². The molecule has 7 nitrogen and oxygen atoms in total. The van der Waals surface area contributed by atoms with Crippen molar-refractivity contribution in [3.8, 4) is 11.1 Å². The van der Waals surface area contributed by atoms with Crippen molar-refractivity contribution in [2.75, 3.05) is 19.1 Å². The Bertz CT molecular complexity index is 1160. The summed E-state index contributed by atoms with van der Waals surface area (Å²) in [7, 11) is -7.00. The third-order valence-electron chi connectivity index (χ3n) is 4.93. The van der Waals surface area contributed by atoms with Crippen molar-refractivity contribution in [1.82, 2.24) is 9.21 Å². The standard InChI is InChI=1S/C20H24N2O5S2/c1-14(2)22-19(13-21(20(22)23)29(4,26)27)17-9-5-7-15(11-17)16-8-6-10-18(12-16)28(3,24)25/h5-12,14,19H,13H2,1-4H3. The molecule has 3 rings (SSSR count). The fourth-order valence-electron chi connectivity index (χ4n) is 3.54. The van der Waals surface area contributed by atoms with Crippen LogP contribution >= 0.6 is 0 Å². The maximum absolute atomic E-state index is 12.7. The molecule has 1 fully saturated rings. The number of sulfonamides is 1. The highest BCUT2D eigenvalue weighted by atomic mass is 32.2. The van der Waals surface area contributed by atoms with Gasteiger partial charge in [-0.2, -0.15) is 0 Å². The van der Waals surface area contributed by atoms with Crippen molar-refractivity contribution < 1.29 is 21.6 Å². The van der Waals surface area contributed by atoms with E-state index in [1.54, 1.807) is 23.1 Å². The van der Waals surface area contributed by atoms with Crippen molar-refractivity contribution >= 4 is 25.9 Å². The molecule has 156 valence electrons. The van der Waals surface area contributed by atoms with Crippen LogP contribution in [0.25, 0.3) is 11.1 Å². The minimum absolute atomic E-state index is 0.0443. The minimum Gasteiger partial charge on any atom is -0.313 e. The number of hydrogen-bond acceptors (Lipinski definition) is 5. The highest BCUT2D eigenvalue weighted by Crippen LogP contribution is 2.34. The molecule has 0 aromatic heterocycles. The lowest BCUT2D eigenvalue weighted by atomic mass is 9.99. The van der Waals surface area contributed by atoms with Crippen LogP contribution in [0.5, 0.6) is 0 Å². The molecule has 0 radical (unpaired) electrons. The van der Waals surface area contributed by atoms with Crippen LogP contribution < -0.4 is 0 Å². The van der Waals surface area contributed by atoms with Gasteiger partial charge in [-0.05, 0) is 48.7 Å². The van der Waals surface area contributed by atoms with Crippen LogP contribution in [0.15, 0.2) is 53.4 Å². The third kappa shape index (κ3) is 4.30. The number of nitrogens with zero attached hydrogens (tertiary/aromatic N) is 2. The van der Waals surface area contributed by atoms with Gasteiger partial charge in [0.05, 0.1) is 23.7 Å². The van der Waals surface area contributed by atoms with E-state index in [0.717, 1.165) is 33.5 Å². The quantitative estimate of drug-likeness (QED) is 0.719. The molecule has 1 heterocycles. The summed E-state index contributed by atoms with van der Waals surface area (Å²) in [4.78, 5) is 14.5. The van der Waals surface area contributed by atoms with Gasteiger partial charge in [-0.3, -0.25) is 0 Å². The molecule has 2 aromatic rings. The normalized spacial score (nSPS) is 18.0.